The Morgan fingerprint density at radius 3 is 3.14 bits per heavy atom. The van der Waals surface area contributed by atoms with Gasteiger partial charge in [0.15, 0.2) is 0 Å². The minimum atomic E-state index is -0.719. The van der Waals surface area contributed by atoms with Crippen LogP contribution in [0.25, 0.3) is 0 Å². The van der Waals surface area contributed by atoms with Gasteiger partial charge in [0.2, 0.25) is 0 Å². The lowest BCUT2D eigenvalue weighted by Crippen LogP contribution is -2.05. The second-order valence-corrected chi connectivity index (χ2v) is 5.27. The van der Waals surface area contributed by atoms with Crippen LogP contribution >= 0.6 is 27.7 Å². The number of thioether (sulfide) groups is 1. The van der Waals surface area contributed by atoms with E-state index in [4.69, 9.17) is 5.11 Å². The van der Waals surface area contributed by atoms with Crippen LogP contribution in [0.3, 0.4) is 0 Å². The number of aliphatic carboxylic acids is 1. The first-order valence-electron chi connectivity index (χ1n) is 4.31. The molecule has 0 aliphatic carbocycles. The average Bonchev–Trinajstić information content (AvgIpc) is 2.47. The standard InChI is InChI=1S/C10H9BrO2S/c11-7-1-2-9-8(4-7)6(5-14-9)3-10(12)13/h1-2,4,6H,3,5H2,(H,12,13). The molecule has 0 bridgehead atoms. The van der Waals surface area contributed by atoms with Crippen molar-refractivity contribution in [3.8, 4) is 0 Å². The minimum absolute atomic E-state index is 0.171. The fraction of sp³-hybridized carbons (Fsp3) is 0.300. The maximum Gasteiger partial charge on any atom is 0.303 e. The lowest BCUT2D eigenvalue weighted by molar-refractivity contribution is -0.137. The second-order valence-electron chi connectivity index (χ2n) is 3.29. The molecule has 1 heterocycles. The van der Waals surface area contributed by atoms with Gasteiger partial charge in [0.25, 0.3) is 0 Å². The zero-order valence-corrected chi connectivity index (χ0v) is 9.77. The van der Waals surface area contributed by atoms with Gasteiger partial charge in [0.1, 0.15) is 0 Å². The van der Waals surface area contributed by atoms with Crippen LogP contribution in [0.5, 0.6) is 0 Å². The maximum atomic E-state index is 10.6. The summed E-state index contributed by atoms with van der Waals surface area (Å²) >= 11 is 5.14. The Morgan fingerprint density at radius 1 is 1.64 bits per heavy atom. The molecule has 0 saturated carbocycles. The third kappa shape index (κ3) is 1.96. The highest BCUT2D eigenvalue weighted by Gasteiger charge is 2.25. The molecule has 4 heteroatoms. The zero-order chi connectivity index (χ0) is 10.1. The molecule has 1 aromatic rings. The minimum Gasteiger partial charge on any atom is -0.481 e. The molecule has 1 aliphatic heterocycles. The lowest BCUT2D eigenvalue weighted by Gasteiger charge is -2.07. The lowest BCUT2D eigenvalue weighted by atomic mass is 9.98. The molecule has 0 radical (unpaired) electrons. The van der Waals surface area contributed by atoms with Crippen LogP contribution in [0.2, 0.25) is 0 Å². The van der Waals surface area contributed by atoms with E-state index in [-0.39, 0.29) is 12.3 Å². The number of carbonyl (C=O) groups is 1. The van der Waals surface area contributed by atoms with Crippen molar-refractivity contribution in [2.75, 3.05) is 5.75 Å². The van der Waals surface area contributed by atoms with Gasteiger partial charge in [-0.05, 0) is 23.8 Å². The molecular formula is C10H9BrO2S. The number of hydrogen-bond donors (Lipinski definition) is 1. The number of carboxylic acids is 1. The molecule has 14 heavy (non-hydrogen) atoms. The van der Waals surface area contributed by atoms with E-state index in [1.165, 1.54) is 10.5 Å². The Kier molecular flexibility index (Phi) is 2.83. The summed E-state index contributed by atoms with van der Waals surface area (Å²) in [5, 5.41) is 8.75. The van der Waals surface area contributed by atoms with E-state index >= 15 is 0 Å². The summed E-state index contributed by atoms with van der Waals surface area (Å²) in [6.45, 7) is 0. The summed E-state index contributed by atoms with van der Waals surface area (Å²) in [5.74, 6) is 0.339. The molecule has 0 aromatic heterocycles. The predicted molar refractivity (Wildman–Crippen MR) is 59.9 cm³/mol. The van der Waals surface area contributed by atoms with Crippen molar-refractivity contribution < 1.29 is 9.90 Å². The number of carboxylic acid groups (broad SMARTS) is 1. The maximum absolute atomic E-state index is 10.6. The smallest absolute Gasteiger partial charge is 0.303 e. The van der Waals surface area contributed by atoms with Gasteiger partial charge in [-0.15, -0.1) is 11.8 Å². The summed E-state index contributed by atoms with van der Waals surface area (Å²) in [7, 11) is 0. The van der Waals surface area contributed by atoms with E-state index in [0.29, 0.717) is 0 Å². The monoisotopic (exact) mass is 272 g/mol. The van der Waals surface area contributed by atoms with Gasteiger partial charge in [0, 0.05) is 21.0 Å². The van der Waals surface area contributed by atoms with Gasteiger partial charge < -0.3 is 5.11 Å². The van der Waals surface area contributed by atoms with E-state index in [9.17, 15) is 4.79 Å². The summed E-state index contributed by atoms with van der Waals surface area (Å²) in [4.78, 5) is 11.9. The summed E-state index contributed by atoms with van der Waals surface area (Å²) in [6, 6.07) is 6.07. The van der Waals surface area contributed by atoms with Gasteiger partial charge in [-0.3, -0.25) is 4.79 Å². The largest absolute Gasteiger partial charge is 0.481 e. The third-order valence-corrected chi connectivity index (χ3v) is 4.02. The highest BCUT2D eigenvalue weighted by molar-refractivity contribution is 9.10. The highest BCUT2D eigenvalue weighted by atomic mass is 79.9. The number of halogens is 1. The van der Waals surface area contributed by atoms with E-state index in [1.807, 2.05) is 18.2 Å². The Balaban J connectivity index is 2.28. The zero-order valence-electron chi connectivity index (χ0n) is 7.37. The molecule has 2 rings (SSSR count). The van der Waals surface area contributed by atoms with Crippen LogP contribution in [-0.4, -0.2) is 16.8 Å². The predicted octanol–water partition coefficient (Wildman–Crippen LogP) is 3.11. The molecular weight excluding hydrogens is 264 g/mol. The Bertz CT molecular complexity index is 378. The first-order valence-corrected chi connectivity index (χ1v) is 6.08. The van der Waals surface area contributed by atoms with Gasteiger partial charge in [-0.2, -0.15) is 0 Å². The van der Waals surface area contributed by atoms with Gasteiger partial charge in [-0.25, -0.2) is 0 Å². The van der Waals surface area contributed by atoms with Crippen molar-refractivity contribution in [2.24, 2.45) is 0 Å². The molecule has 0 amide bonds. The van der Waals surface area contributed by atoms with Crippen LogP contribution in [0.4, 0.5) is 0 Å². The molecule has 2 nitrogen and oxygen atoms in total. The van der Waals surface area contributed by atoms with Crippen LogP contribution in [-0.2, 0) is 4.79 Å². The highest BCUT2D eigenvalue weighted by Crippen LogP contribution is 2.42. The summed E-state index contributed by atoms with van der Waals surface area (Å²) < 4.78 is 1.02. The Labute approximate surface area is 94.8 Å². The van der Waals surface area contributed by atoms with Gasteiger partial charge in [0.05, 0.1) is 6.42 Å². The molecule has 1 N–H and O–H groups in total. The molecule has 1 atom stereocenters. The number of fused-ring (bicyclic) bond motifs is 1. The Morgan fingerprint density at radius 2 is 2.43 bits per heavy atom. The van der Waals surface area contributed by atoms with E-state index in [1.54, 1.807) is 11.8 Å². The van der Waals surface area contributed by atoms with E-state index < -0.39 is 5.97 Å². The van der Waals surface area contributed by atoms with Crippen molar-refractivity contribution in [1.82, 2.24) is 0 Å². The third-order valence-electron chi connectivity index (χ3n) is 2.27. The number of hydrogen-bond acceptors (Lipinski definition) is 2. The molecule has 1 aliphatic rings. The molecule has 1 aromatic carbocycles. The fourth-order valence-corrected chi connectivity index (χ4v) is 3.24. The molecule has 0 spiro atoms. The van der Waals surface area contributed by atoms with Crippen LogP contribution in [0, 0.1) is 0 Å². The van der Waals surface area contributed by atoms with Crippen LogP contribution in [0.15, 0.2) is 27.6 Å². The van der Waals surface area contributed by atoms with Crippen molar-refractivity contribution in [3.05, 3.63) is 28.2 Å². The van der Waals surface area contributed by atoms with Crippen molar-refractivity contribution >= 4 is 33.7 Å². The first-order chi connectivity index (χ1) is 6.66. The van der Waals surface area contributed by atoms with Crippen LogP contribution in [0.1, 0.15) is 17.9 Å². The van der Waals surface area contributed by atoms with Crippen molar-refractivity contribution in [1.29, 1.82) is 0 Å². The molecule has 1 unspecified atom stereocenters. The Hall–Kier alpha value is -0.480. The quantitative estimate of drug-likeness (QED) is 0.899. The SMILES string of the molecule is O=C(O)CC1CSc2ccc(Br)cc21. The number of rotatable bonds is 2. The van der Waals surface area contributed by atoms with Gasteiger partial charge in [-0.1, -0.05) is 15.9 Å². The van der Waals surface area contributed by atoms with Crippen LogP contribution < -0.4 is 0 Å². The van der Waals surface area contributed by atoms with Crippen molar-refractivity contribution in [2.45, 2.75) is 17.2 Å². The molecule has 0 saturated heterocycles. The molecule has 0 fully saturated rings. The molecule has 74 valence electrons. The number of benzene rings is 1. The summed E-state index contributed by atoms with van der Waals surface area (Å²) in [6.07, 6.45) is 0.233. The second kappa shape index (κ2) is 3.95. The van der Waals surface area contributed by atoms with E-state index in [2.05, 4.69) is 15.9 Å². The van der Waals surface area contributed by atoms with Gasteiger partial charge >= 0.3 is 5.97 Å². The topological polar surface area (TPSA) is 37.3 Å². The first kappa shape index (κ1) is 10.1. The normalized spacial score (nSPS) is 19.4. The fourth-order valence-electron chi connectivity index (χ4n) is 1.63. The summed E-state index contributed by atoms with van der Waals surface area (Å²) in [5.41, 5.74) is 1.17. The van der Waals surface area contributed by atoms with Crippen molar-refractivity contribution in [3.63, 3.8) is 0 Å². The average molecular weight is 273 g/mol. The van der Waals surface area contributed by atoms with E-state index in [0.717, 1.165) is 10.2 Å².